The van der Waals surface area contributed by atoms with Gasteiger partial charge in [-0.25, -0.2) is 9.50 Å². The van der Waals surface area contributed by atoms with Gasteiger partial charge in [-0.2, -0.15) is 0 Å². The van der Waals surface area contributed by atoms with Crippen LogP contribution in [-0.4, -0.2) is 60.0 Å². The average Bonchev–Trinajstić information content (AvgIpc) is 3.31. The Morgan fingerprint density at radius 3 is 2.70 bits per heavy atom. The van der Waals surface area contributed by atoms with Crippen LogP contribution in [0.5, 0.6) is 0 Å². The Hall–Kier alpha value is -3.59. The molecule has 1 saturated heterocycles. The summed E-state index contributed by atoms with van der Waals surface area (Å²) in [5, 5.41) is 11.0. The van der Waals surface area contributed by atoms with Gasteiger partial charge in [-0.15, -0.1) is 5.10 Å². The van der Waals surface area contributed by atoms with Crippen molar-refractivity contribution < 1.29 is 14.3 Å². The first kappa shape index (κ1) is 22.6. The number of fused-ring (bicyclic) bond motifs is 1. The third-order valence-corrected chi connectivity index (χ3v) is 5.28. The summed E-state index contributed by atoms with van der Waals surface area (Å²) >= 11 is 0. The first-order valence-electron chi connectivity index (χ1n) is 11.2. The predicted molar refractivity (Wildman–Crippen MR) is 128 cm³/mol. The van der Waals surface area contributed by atoms with Crippen LogP contribution >= 0.6 is 0 Å². The Balaban J connectivity index is 1.40. The topological polar surface area (TPSA) is 93.0 Å². The number of anilines is 2. The van der Waals surface area contributed by atoms with E-state index in [0.29, 0.717) is 38.0 Å². The van der Waals surface area contributed by atoms with Gasteiger partial charge in [0.15, 0.2) is 11.6 Å². The molecular formula is C24H30N6O3. The lowest BCUT2D eigenvalue weighted by Gasteiger charge is -2.28. The molecule has 33 heavy (non-hydrogen) atoms. The molecule has 3 aromatic rings. The van der Waals surface area contributed by atoms with Crippen molar-refractivity contribution in [3.63, 3.8) is 0 Å². The quantitative estimate of drug-likeness (QED) is 0.380. The Kier molecular flexibility index (Phi) is 7.09. The molecule has 4 rings (SSSR count). The maximum atomic E-state index is 11.5. The van der Waals surface area contributed by atoms with Crippen molar-refractivity contribution in [2.24, 2.45) is 5.92 Å². The van der Waals surface area contributed by atoms with Gasteiger partial charge >= 0.3 is 5.97 Å². The fourth-order valence-corrected chi connectivity index (χ4v) is 3.49. The van der Waals surface area contributed by atoms with Gasteiger partial charge in [0.1, 0.15) is 12.1 Å². The SMILES string of the molecule is C=C(NCCOC(=O)C(C)C)Nc1ccc(-c2nc(N3CCOCC3)c3cccn3n2)cc1. The summed E-state index contributed by atoms with van der Waals surface area (Å²) in [6, 6.07) is 11.9. The van der Waals surface area contributed by atoms with E-state index >= 15 is 0 Å². The van der Waals surface area contributed by atoms with Crippen LogP contribution in [0.3, 0.4) is 0 Å². The van der Waals surface area contributed by atoms with Crippen LogP contribution in [0.25, 0.3) is 16.9 Å². The van der Waals surface area contributed by atoms with Gasteiger partial charge in [-0.3, -0.25) is 4.79 Å². The summed E-state index contributed by atoms with van der Waals surface area (Å²) in [5.74, 6) is 1.88. The third kappa shape index (κ3) is 5.61. The minimum absolute atomic E-state index is 0.128. The molecule has 1 aliphatic heterocycles. The van der Waals surface area contributed by atoms with E-state index in [-0.39, 0.29) is 11.9 Å². The van der Waals surface area contributed by atoms with Crippen LogP contribution < -0.4 is 15.5 Å². The van der Waals surface area contributed by atoms with Crippen LogP contribution in [0.1, 0.15) is 13.8 Å². The van der Waals surface area contributed by atoms with E-state index in [2.05, 4.69) is 27.2 Å². The molecule has 1 aliphatic rings. The fraction of sp³-hybridized carbons (Fsp3) is 0.375. The maximum absolute atomic E-state index is 11.5. The number of carbonyl (C=O) groups excluding carboxylic acids is 1. The zero-order valence-corrected chi connectivity index (χ0v) is 19.1. The van der Waals surface area contributed by atoms with E-state index in [0.717, 1.165) is 35.7 Å². The third-order valence-electron chi connectivity index (χ3n) is 5.28. The van der Waals surface area contributed by atoms with Crippen molar-refractivity contribution >= 4 is 23.0 Å². The molecule has 0 aliphatic carbocycles. The van der Waals surface area contributed by atoms with Crippen LogP contribution in [-0.2, 0) is 14.3 Å². The largest absolute Gasteiger partial charge is 0.464 e. The van der Waals surface area contributed by atoms with Crippen LogP contribution in [0.4, 0.5) is 11.5 Å². The van der Waals surface area contributed by atoms with Crippen LogP contribution in [0.2, 0.25) is 0 Å². The summed E-state index contributed by atoms with van der Waals surface area (Å²) in [5.41, 5.74) is 2.79. The zero-order chi connectivity index (χ0) is 23.2. The molecule has 2 N–H and O–H groups in total. The van der Waals surface area contributed by atoms with Crippen molar-refractivity contribution in [3.05, 3.63) is 55.0 Å². The summed E-state index contributed by atoms with van der Waals surface area (Å²) in [4.78, 5) is 18.6. The van der Waals surface area contributed by atoms with Crippen molar-refractivity contribution in [2.75, 3.05) is 49.7 Å². The molecule has 9 heteroatoms. The number of aromatic nitrogens is 3. The van der Waals surface area contributed by atoms with E-state index in [9.17, 15) is 4.79 Å². The number of nitrogens with zero attached hydrogens (tertiary/aromatic N) is 4. The van der Waals surface area contributed by atoms with Gasteiger partial charge in [-0.1, -0.05) is 20.4 Å². The van der Waals surface area contributed by atoms with Crippen molar-refractivity contribution in [1.82, 2.24) is 19.9 Å². The molecule has 0 radical (unpaired) electrons. The van der Waals surface area contributed by atoms with Gasteiger partial charge < -0.3 is 25.0 Å². The van der Waals surface area contributed by atoms with Crippen molar-refractivity contribution in [2.45, 2.75) is 13.8 Å². The number of nitrogens with one attached hydrogen (secondary N) is 2. The zero-order valence-electron chi connectivity index (χ0n) is 19.1. The molecule has 174 valence electrons. The van der Waals surface area contributed by atoms with E-state index in [1.165, 1.54) is 0 Å². The average molecular weight is 451 g/mol. The normalized spacial score (nSPS) is 13.8. The molecular weight excluding hydrogens is 420 g/mol. The number of hydrogen-bond acceptors (Lipinski definition) is 8. The minimum Gasteiger partial charge on any atom is -0.464 e. The highest BCUT2D eigenvalue weighted by atomic mass is 16.5. The van der Waals surface area contributed by atoms with E-state index in [1.54, 1.807) is 0 Å². The second-order valence-electron chi connectivity index (χ2n) is 8.13. The summed E-state index contributed by atoms with van der Waals surface area (Å²) in [6.07, 6.45) is 1.94. The molecule has 0 amide bonds. The molecule has 1 fully saturated rings. The fourth-order valence-electron chi connectivity index (χ4n) is 3.49. The molecule has 3 heterocycles. The molecule has 0 saturated carbocycles. The Morgan fingerprint density at radius 1 is 1.21 bits per heavy atom. The van der Waals surface area contributed by atoms with Crippen LogP contribution in [0.15, 0.2) is 55.0 Å². The van der Waals surface area contributed by atoms with Crippen molar-refractivity contribution in [3.8, 4) is 11.4 Å². The summed E-state index contributed by atoms with van der Waals surface area (Å²) < 4.78 is 12.5. The molecule has 0 bridgehead atoms. The number of carbonyl (C=O) groups is 1. The Morgan fingerprint density at radius 2 is 1.97 bits per heavy atom. The molecule has 0 atom stereocenters. The number of benzene rings is 1. The smallest absolute Gasteiger partial charge is 0.308 e. The summed E-state index contributed by atoms with van der Waals surface area (Å²) in [7, 11) is 0. The van der Waals surface area contributed by atoms with E-state index in [4.69, 9.17) is 14.5 Å². The highest BCUT2D eigenvalue weighted by Gasteiger charge is 2.18. The van der Waals surface area contributed by atoms with Gasteiger partial charge in [0.05, 0.1) is 31.5 Å². The highest BCUT2D eigenvalue weighted by molar-refractivity contribution is 5.72. The first-order valence-corrected chi connectivity index (χ1v) is 11.2. The lowest BCUT2D eigenvalue weighted by Crippen LogP contribution is -2.37. The van der Waals surface area contributed by atoms with E-state index < -0.39 is 0 Å². The standard InChI is InChI=1S/C24H30N6O3/c1-17(2)24(31)33-14-10-25-18(3)26-20-8-6-19(7-9-20)22-27-23(29-12-15-32-16-13-29)21-5-4-11-30(21)28-22/h4-9,11,17,25-26H,3,10,12-16H2,1-2H3. The second-order valence-corrected chi connectivity index (χ2v) is 8.13. The second kappa shape index (κ2) is 10.4. The molecule has 0 unspecified atom stereocenters. The Bertz CT molecular complexity index is 1100. The number of morpholine rings is 1. The van der Waals surface area contributed by atoms with Gasteiger partial charge in [-0.05, 0) is 36.4 Å². The lowest BCUT2D eigenvalue weighted by molar-refractivity contribution is -0.147. The van der Waals surface area contributed by atoms with Gasteiger partial charge in [0.25, 0.3) is 0 Å². The number of hydrogen-bond donors (Lipinski definition) is 2. The molecule has 9 nitrogen and oxygen atoms in total. The number of ether oxygens (including phenoxy) is 2. The summed E-state index contributed by atoms with van der Waals surface area (Å²) in [6.45, 7) is 11.4. The maximum Gasteiger partial charge on any atom is 0.308 e. The van der Waals surface area contributed by atoms with Crippen molar-refractivity contribution in [1.29, 1.82) is 0 Å². The van der Waals surface area contributed by atoms with E-state index in [1.807, 2.05) is 61.0 Å². The van der Waals surface area contributed by atoms with Gasteiger partial charge in [0, 0.05) is 30.5 Å². The number of esters is 1. The van der Waals surface area contributed by atoms with Gasteiger partial charge in [0.2, 0.25) is 0 Å². The highest BCUT2D eigenvalue weighted by Crippen LogP contribution is 2.25. The molecule has 1 aromatic carbocycles. The minimum atomic E-state index is -0.206. The van der Waals surface area contributed by atoms with Crippen LogP contribution in [0, 0.1) is 5.92 Å². The monoisotopic (exact) mass is 450 g/mol. The molecule has 0 spiro atoms. The number of rotatable bonds is 9. The molecule has 2 aromatic heterocycles. The Labute approximate surface area is 193 Å². The lowest BCUT2D eigenvalue weighted by atomic mass is 10.2. The predicted octanol–water partition coefficient (Wildman–Crippen LogP) is 2.90. The first-order chi connectivity index (χ1) is 16.0.